The summed E-state index contributed by atoms with van der Waals surface area (Å²) in [6.07, 6.45) is 4.61. The SMILES string of the molecule is CCc1nn(CC)c(COCCC2CCCNC2)c1Cl. The van der Waals surface area contributed by atoms with Gasteiger partial charge in [0, 0.05) is 13.2 Å². The molecule has 1 aromatic heterocycles. The van der Waals surface area contributed by atoms with E-state index in [1.165, 1.54) is 19.4 Å². The first-order chi connectivity index (χ1) is 9.76. The van der Waals surface area contributed by atoms with Crippen LogP contribution in [0.15, 0.2) is 0 Å². The van der Waals surface area contributed by atoms with Gasteiger partial charge in [-0.15, -0.1) is 0 Å². The Morgan fingerprint density at radius 2 is 2.30 bits per heavy atom. The Morgan fingerprint density at radius 1 is 1.45 bits per heavy atom. The van der Waals surface area contributed by atoms with Crippen molar-refractivity contribution >= 4 is 11.6 Å². The van der Waals surface area contributed by atoms with E-state index in [0.717, 1.165) is 54.9 Å². The summed E-state index contributed by atoms with van der Waals surface area (Å²) in [5.41, 5.74) is 2.00. The van der Waals surface area contributed by atoms with E-state index in [2.05, 4.69) is 24.3 Å². The summed E-state index contributed by atoms with van der Waals surface area (Å²) in [4.78, 5) is 0. The van der Waals surface area contributed by atoms with Crippen LogP contribution in [0, 0.1) is 5.92 Å². The average molecular weight is 300 g/mol. The van der Waals surface area contributed by atoms with E-state index < -0.39 is 0 Å². The minimum atomic E-state index is 0.569. The Balaban J connectivity index is 1.79. The topological polar surface area (TPSA) is 39.1 Å². The molecule has 1 aliphatic heterocycles. The molecule has 20 heavy (non-hydrogen) atoms. The van der Waals surface area contributed by atoms with Gasteiger partial charge in [0.05, 0.1) is 23.0 Å². The standard InChI is InChI=1S/C15H26ClN3O/c1-3-13-15(16)14(19(4-2)18-13)11-20-9-7-12-6-5-8-17-10-12/h12,17H,3-11H2,1-2H3. The van der Waals surface area contributed by atoms with Gasteiger partial charge in [0.15, 0.2) is 0 Å². The van der Waals surface area contributed by atoms with E-state index in [0.29, 0.717) is 6.61 Å². The van der Waals surface area contributed by atoms with Crippen LogP contribution in [0.2, 0.25) is 5.02 Å². The van der Waals surface area contributed by atoms with Crippen molar-refractivity contribution < 1.29 is 4.74 Å². The van der Waals surface area contributed by atoms with Crippen LogP contribution in [-0.4, -0.2) is 29.5 Å². The minimum absolute atomic E-state index is 0.569. The van der Waals surface area contributed by atoms with Gasteiger partial charge in [-0.05, 0) is 51.6 Å². The predicted octanol–water partition coefficient (Wildman–Crippen LogP) is 3.03. The molecule has 1 N–H and O–H groups in total. The third kappa shape index (κ3) is 3.96. The van der Waals surface area contributed by atoms with Crippen LogP contribution in [0.5, 0.6) is 0 Å². The Kier molecular flexibility index (Phi) is 6.33. The zero-order valence-electron chi connectivity index (χ0n) is 12.6. The molecule has 5 heteroatoms. The number of hydrogen-bond donors (Lipinski definition) is 1. The first kappa shape index (κ1) is 15.8. The highest BCUT2D eigenvalue weighted by Gasteiger charge is 2.15. The van der Waals surface area contributed by atoms with Crippen LogP contribution in [0.1, 0.15) is 44.5 Å². The second-order valence-electron chi connectivity index (χ2n) is 5.43. The van der Waals surface area contributed by atoms with Gasteiger partial charge >= 0.3 is 0 Å². The molecule has 114 valence electrons. The second-order valence-corrected chi connectivity index (χ2v) is 5.81. The van der Waals surface area contributed by atoms with Crippen LogP contribution < -0.4 is 5.32 Å². The molecular weight excluding hydrogens is 274 g/mol. The zero-order chi connectivity index (χ0) is 14.4. The quantitative estimate of drug-likeness (QED) is 0.787. The van der Waals surface area contributed by atoms with Gasteiger partial charge < -0.3 is 10.1 Å². The predicted molar refractivity (Wildman–Crippen MR) is 82.2 cm³/mol. The summed E-state index contributed by atoms with van der Waals surface area (Å²) in [7, 11) is 0. The number of hydrogen-bond acceptors (Lipinski definition) is 3. The number of aryl methyl sites for hydroxylation is 2. The first-order valence-electron chi connectivity index (χ1n) is 7.78. The summed E-state index contributed by atoms with van der Waals surface area (Å²) in [6.45, 7) is 8.68. The van der Waals surface area contributed by atoms with Crippen LogP contribution in [-0.2, 0) is 24.3 Å². The third-order valence-electron chi connectivity index (χ3n) is 4.00. The van der Waals surface area contributed by atoms with Gasteiger partial charge in [0.1, 0.15) is 0 Å². The van der Waals surface area contributed by atoms with Gasteiger partial charge in [-0.3, -0.25) is 4.68 Å². The monoisotopic (exact) mass is 299 g/mol. The van der Waals surface area contributed by atoms with Crippen molar-refractivity contribution in [2.75, 3.05) is 19.7 Å². The maximum atomic E-state index is 6.36. The van der Waals surface area contributed by atoms with Crippen LogP contribution >= 0.6 is 11.6 Å². The number of piperidine rings is 1. The molecule has 1 fully saturated rings. The molecule has 1 aromatic rings. The molecule has 0 aliphatic carbocycles. The van der Waals surface area contributed by atoms with Crippen molar-refractivity contribution in [3.63, 3.8) is 0 Å². The van der Waals surface area contributed by atoms with Gasteiger partial charge in [0.25, 0.3) is 0 Å². The molecule has 0 spiro atoms. The van der Waals surface area contributed by atoms with Gasteiger partial charge in [-0.1, -0.05) is 18.5 Å². The Morgan fingerprint density at radius 3 is 2.95 bits per heavy atom. The van der Waals surface area contributed by atoms with Gasteiger partial charge in [-0.25, -0.2) is 0 Å². The van der Waals surface area contributed by atoms with Crippen molar-refractivity contribution in [2.24, 2.45) is 5.92 Å². The van der Waals surface area contributed by atoms with Crippen LogP contribution in [0.25, 0.3) is 0 Å². The number of nitrogens with one attached hydrogen (secondary N) is 1. The minimum Gasteiger partial charge on any atom is -0.375 e. The number of halogens is 1. The summed E-state index contributed by atoms with van der Waals surface area (Å²) in [5, 5.41) is 8.74. The second kappa shape index (κ2) is 8.01. The Hall–Kier alpha value is -0.580. The van der Waals surface area contributed by atoms with Gasteiger partial charge in [0.2, 0.25) is 0 Å². The number of nitrogens with zero attached hydrogens (tertiary/aromatic N) is 2. The van der Waals surface area contributed by atoms with E-state index in [-0.39, 0.29) is 0 Å². The number of ether oxygens (including phenoxy) is 1. The van der Waals surface area contributed by atoms with E-state index in [1.54, 1.807) is 0 Å². The largest absolute Gasteiger partial charge is 0.375 e. The highest BCUT2D eigenvalue weighted by molar-refractivity contribution is 6.31. The maximum Gasteiger partial charge on any atom is 0.0900 e. The first-order valence-corrected chi connectivity index (χ1v) is 8.16. The lowest BCUT2D eigenvalue weighted by atomic mass is 9.97. The smallest absolute Gasteiger partial charge is 0.0900 e. The summed E-state index contributed by atoms with van der Waals surface area (Å²) in [6, 6.07) is 0. The summed E-state index contributed by atoms with van der Waals surface area (Å²) < 4.78 is 7.79. The summed E-state index contributed by atoms with van der Waals surface area (Å²) in [5.74, 6) is 0.765. The summed E-state index contributed by atoms with van der Waals surface area (Å²) >= 11 is 6.36. The molecule has 1 saturated heterocycles. The molecule has 0 saturated carbocycles. The third-order valence-corrected chi connectivity index (χ3v) is 4.44. The fraction of sp³-hybridized carbons (Fsp3) is 0.800. The van der Waals surface area contributed by atoms with Crippen molar-refractivity contribution in [3.05, 3.63) is 16.4 Å². The fourth-order valence-corrected chi connectivity index (χ4v) is 3.07. The van der Waals surface area contributed by atoms with Crippen molar-refractivity contribution in [1.82, 2.24) is 15.1 Å². The van der Waals surface area contributed by atoms with E-state index >= 15 is 0 Å². The molecule has 0 bridgehead atoms. The van der Waals surface area contributed by atoms with Crippen molar-refractivity contribution in [3.8, 4) is 0 Å². The molecule has 2 rings (SSSR count). The molecule has 2 heterocycles. The lowest BCUT2D eigenvalue weighted by molar-refractivity contribution is 0.0984. The van der Waals surface area contributed by atoms with Crippen molar-refractivity contribution in [1.29, 1.82) is 0 Å². The van der Waals surface area contributed by atoms with Gasteiger partial charge in [-0.2, -0.15) is 5.10 Å². The number of rotatable bonds is 7. The molecule has 1 atom stereocenters. The Labute approximate surface area is 126 Å². The molecule has 0 radical (unpaired) electrons. The highest BCUT2D eigenvalue weighted by atomic mass is 35.5. The highest BCUT2D eigenvalue weighted by Crippen LogP contribution is 2.22. The maximum absolute atomic E-state index is 6.36. The molecule has 1 unspecified atom stereocenters. The average Bonchev–Trinajstić information content (AvgIpc) is 2.80. The molecule has 0 aromatic carbocycles. The van der Waals surface area contributed by atoms with E-state index in [9.17, 15) is 0 Å². The molecule has 0 amide bonds. The lowest BCUT2D eigenvalue weighted by Crippen LogP contribution is -2.30. The van der Waals surface area contributed by atoms with Crippen LogP contribution in [0.3, 0.4) is 0 Å². The molecule has 1 aliphatic rings. The fourth-order valence-electron chi connectivity index (χ4n) is 2.74. The van der Waals surface area contributed by atoms with E-state index in [1.807, 2.05) is 4.68 Å². The Bertz CT molecular complexity index is 413. The van der Waals surface area contributed by atoms with Crippen LogP contribution in [0.4, 0.5) is 0 Å². The molecular formula is C15H26ClN3O. The zero-order valence-corrected chi connectivity index (χ0v) is 13.4. The number of aromatic nitrogens is 2. The lowest BCUT2D eigenvalue weighted by Gasteiger charge is -2.22. The molecule has 4 nitrogen and oxygen atoms in total. The normalized spacial score (nSPS) is 19.4. The van der Waals surface area contributed by atoms with E-state index in [4.69, 9.17) is 16.3 Å². The van der Waals surface area contributed by atoms with Crippen molar-refractivity contribution in [2.45, 2.75) is 52.7 Å².